The standard InChI is InChI=1S/C12H26N2/c1-11(2,3)12(4,5)10-14-8-6-13-7-9-14/h13H,6-10H2,1-5H3. The molecule has 2 heteroatoms. The second-order valence-electron chi connectivity index (χ2n) is 6.16. The van der Waals surface area contributed by atoms with Crippen molar-refractivity contribution in [2.75, 3.05) is 32.7 Å². The van der Waals surface area contributed by atoms with Gasteiger partial charge in [0.2, 0.25) is 0 Å². The van der Waals surface area contributed by atoms with Crippen LogP contribution in [0.2, 0.25) is 0 Å². The molecule has 0 unspecified atom stereocenters. The van der Waals surface area contributed by atoms with E-state index in [4.69, 9.17) is 0 Å². The van der Waals surface area contributed by atoms with Gasteiger partial charge in [0.25, 0.3) is 0 Å². The maximum absolute atomic E-state index is 3.40. The van der Waals surface area contributed by atoms with Crippen LogP contribution in [0.1, 0.15) is 34.6 Å². The van der Waals surface area contributed by atoms with Crippen LogP contribution in [0.4, 0.5) is 0 Å². The molecule has 1 fully saturated rings. The molecule has 0 saturated carbocycles. The molecule has 1 aliphatic heterocycles. The van der Waals surface area contributed by atoms with Crippen molar-refractivity contribution in [1.29, 1.82) is 0 Å². The van der Waals surface area contributed by atoms with E-state index in [0.29, 0.717) is 10.8 Å². The Bertz CT molecular complexity index is 173. The number of nitrogens with one attached hydrogen (secondary N) is 1. The van der Waals surface area contributed by atoms with Crippen molar-refractivity contribution in [1.82, 2.24) is 10.2 Å². The van der Waals surface area contributed by atoms with Gasteiger partial charge in [-0.2, -0.15) is 0 Å². The molecule has 1 saturated heterocycles. The zero-order valence-electron chi connectivity index (χ0n) is 10.5. The van der Waals surface area contributed by atoms with Crippen LogP contribution in [-0.4, -0.2) is 37.6 Å². The van der Waals surface area contributed by atoms with E-state index in [9.17, 15) is 0 Å². The summed E-state index contributed by atoms with van der Waals surface area (Å²) in [6, 6.07) is 0. The third-order valence-corrected chi connectivity index (χ3v) is 3.86. The van der Waals surface area contributed by atoms with E-state index in [0.717, 1.165) is 13.1 Å². The zero-order valence-corrected chi connectivity index (χ0v) is 10.5. The Labute approximate surface area is 89.1 Å². The predicted molar refractivity (Wildman–Crippen MR) is 62.5 cm³/mol. The summed E-state index contributed by atoms with van der Waals surface area (Å²) < 4.78 is 0. The van der Waals surface area contributed by atoms with Crippen LogP contribution in [0.3, 0.4) is 0 Å². The van der Waals surface area contributed by atoms with E-state index in [1.54, 1.807) is 0 Å². The monoisotopic (exact) mass is 198 g/mol. The first-order valence-electron chi connectivity index (χ1n) is 5.76. The van der Waals surface area contributed by atoms with E-state index < -0.39 is 0 Å². The van der Waals surface area contributed by atoms with E-state index >= 15 is 0 Å². The Morgan fingerprint density at radius 3 is 1.93 bits per heavy atom. The highest BCUT2D eigenvalue weighted by atomic mass is 15.2. The average Bonchev–Trinajstić information content (AvgIpc) is 2.03. The number of rotatable bonds is 2. The summed E-state index contributed by atoms with van der Waals surface area (Å²) in [4.78, 5) is 2.59. The highest BCUT2D eigenvalue weighted by Gasteiger charge is 2.34. The summed E-state index contributed by atoms with van der Waals surface area (Å²) in [7, 11) is 0. The van der Waals surface area contributed by atoms with Crippen LogP contribution in [0.25, 0.3) is 0 Å². The lowest BCUT2D eigenvalue weighted by atomic mass is 9.69. The summed E-state index contributed by atoms with van der Waals surface area (Å²) in [5, 5.41) is 3.40. The van der Waals surface area contributed by atoms with Gasteiger partial charge in [0, 0.05) is 32.7 Å². The highest BCUT2D eigenvalue weighted by Crippen LogP contribution is 2.38. The first-order valence-corrected chi connectivity index (χ1v) is 5.76. The Hall–Kier alpha value is -0.0800. The minimum absolute atomic E-state index is 0.387. The fraction of sp³-hybridized carbons (Fsp3) is 1.00. The van der Waals surface area contributed by atoms with Crippen molar-refractivity contribution < 1.29 is 0 Å². The molecular formula is C12H26N2. The van der Waals surface area contributed by atoms with E-state index in [1.165, 1.54) is 19.6 Å². The van der Waals surface area contributed by atoms with Gasteiger partial charge in [-0.3, -0.25) is 0 Å². The lowest BCUT2D eigenvalue weighted by Gasteiger charge is -2.43. The lowest BCUT2D eigenvalue weighted by Crippen LogP contribution is -2.49. The number of hydrogen-bond donors (Lipinski definition) is 1. The molecule has 1 N–H and O–H groups in total. The molecule has 0 amide bonds. The van der Waals surface area contributed by atoms with Gasteiger partial charge in [-0.1, -0.05) is 34.6 Å². The third kappa shape index (κ3) is 2.96. The molecule has 84 valence electrons. The van der Waals surface area contributed by atoms with Crippen LogP contribution in [-0.2, 0) is 0 Å². The van der Waals surface area contributed by atoms with E-state index in [-0.39, 0.29) is 0 Å². The number of piperazine rings is 1. The van der Waals surface area contributed by atoms with Gasteiger partial charge < -0.3 is 10.2 Å². The van der Waals surface area contributed by atoms with Crippen molar-refractivity contribution in [3.63, 3.8) is 0 Å². The normalized spacial score (nSPS) is 21.2. The lowest BCUT2D eigenvalue weighted by molar-refractivity contribution is 0.0645. The van der Waals surface area contributed by atoms with Crippen LogP contribution in [0.15, 0.2) is 0 Å². The molecule has 1 aliphatic rings. The molecule has 14 heavy (non-hydrogen) atoms. The molecular weight excluding hydrogens is 172 g/mol. The van der Waals surface area contributed by atoms with Crippen molar-refractivity contribution in [3.8, 4) is 0 Å². The maximum atomic E-state index is 3.40. The largest absolute Gasteiger partial charge is 0.314 e. The predicted octanol–water partition coefficient (Wildman–Crippen LogP) is 1.96. The first-order chi connectivity index (χ1) is 6.33. The summed E-state index contributed by atoms with van der Waals surface area (Å²) in [6.07, 6.45) is 0. The summed E-state index contributed by atoms with van der Waals surface area (Å²) in [5.74, 6) is 0. The molecule has 1 rings (SSSR count). The van der Waals surface area contributed by atoms with Crippen LogP contribution in [0.5, 0.6) is 0 Å². The van der Waals surface area contributed by atoms with Gasteiger partial charge in [-0.15, -0.1) is 0 Å². The highest BCUT2D eigenvalue weighted by molar-refractivity contribution is 4.86. The zero-order chi connectivity index (χ0) is 10.8. The quantitative estimate of drug-likeness (QED) is 0.730. The van der Waals surface area contributed by atoms with Crippen molar-refractivity contribution in [3.05, 3.63) is 0 Å². The number of nitrogens with zero attached hydrogens (tertiary/aromatic N) is 1. The minimum atomic E-state index is 0.387. The van der Waals surface area contributed by atoms with Gasteiger partial charge in [0.05, 0.1) is 0 Å². The minimum Gasteiger partial charge on any atom is -0.314 e. The van der Waals surface area contributed by atoms with E-state index in [2.05, 4.69) is 44.8 Å². The molecule has 0 aliphatic carbocycles. The Morgan fingerprint density at radius 2 is 1.50 bits per heavy atom. The smallest absolute Gasteiger partial charge is 0.0108 e. The number of hydrogen-bond acceptors (Lipinski definition) is 2. The third-order valence-electron chi connectivity index (χ3n) is 3.86. The fourth-order valence-electron chi connectivity index (χ4n) is 1.67. The maximum Gasteiger partial charge on any atom is 0.0108 e. The van der Waals surface area contributed by atoms with Gasteiger partial charge in [-0.25, -0.2) is 0 Å². The molecule has 0 radical (unpaired) electrons. The molecule has 1 heterocycles. The van der Waals surface area contributed by atoms with Gasteiger partial charge in [0.1, 0.15) is 0 Å². The van der Waals surface area contributed by atoms with Gasteiger partial charge in [-0.05, 0) is 10.8 Å². The molecule has 0 aromatic heterocycles. The van der Waals surface area contributed by atoms with Crippen LogP contribution in [0, 0.1) is 10.8 Å². The average molecular weight is 198 g/mol. The second kappa shape index (κ2) is 4.19. The summed E-state index contributed by atoms with van der Waals surface area (Å²) in [6.45, 7) is 17.7. The Kier molecular flexibility index (Phi) is 3.59. The molecule has 0 atom stereocenters. The molecule has 0 aromatic carbocycles. The summed E-state index contributed by atoms with van der Waals surface area (Å²) in [5.41, 5.74) is 0.780. The molecule has 0 aromatic rings. The Morgan fingerprint density at radius 1 is 1.00 bits per heavy atom. The molecule has 0 spiro atoms. The Balaban J connectivity index is 2.49. The topological polar surface area (TPSA) is 15.3 Å². The fourth-order valence-corrected chi connectivity index (χ4v) is 1.67. The van der Waals surface area contributed by atoms with Crippen LogP contribution < -0.4 is 5.32 Å². The second-order valence-corrected chi connectivity index (χ2v) is 6.16. The molecule has 0 bridgehead atoms. The molecule has 2 nitrogen and oxygen atoms in total. The van der Waals surface area contributed by atoms with Gasteiger partial charge >= 0.3 is 0 Å². The summed E-state index contributed by atoms with van der Waals surface area (Å²) >= 11 is 0. The van der Waals surface area contributed by atoms with Gasteiger partial charge in [0.15, 0.2) is 0 Å². The van der Waals surface area contributed by atoms with Crippen molar-refractivity contribution in [2.45, 2.75) is 34.6 Å². The van der Waals surface area contributed by atoms with E-state index in [1.807, 2.05) is 0 Å². The van der Waals surface area contributed by atoms with Crippen LogP contribution >= 0.6 is 0 Å². The van der Waals surface area contributed by atoms with Crippen molar-refractivity contribution in [2.24, 2.45) is 10.8 Å². The first kappa shape index (κ1) is 12.0. The van der Waals surface area contributed by atoms with Crippen molar-refractivity contribution >= 4 is 0 Å². The SMILES string of the molecule is CC(C)(C)C(C)(C)CN1CCNCC1.